The van der Waals surface area contributed by atoms with Crippen LogP contribution in [0.3, 0.4) is 0 Å². The molecule has 0 spiro atoms. The molecule has 25 heavy (non-hydrogen) atoms. The van der Waals surface area contributed by atoms with Crippen molar-refractivity contribution in [1.82, 2.24) is 0 Å². The van der Waals surface area contributed by atoms with E-state index in [0.29, 0.717) is 13.2 Å². The normalized spacial score (nSPS) is 13.2. The lowest BCUT2D eigenvalue weighted by atomic mass is 10.1. The Labute approximate surface area is 151 Å². The Morgan fingerprint density at radius 2 is 1.56 bits per heavy atom. The number of ether oxygens (including phenoxy) is 3. The lowest BCUT2D eigenvalue weighted by Gasteiger charge is -2.21. The fourth-order valence-electron chi connectivity index (χ4n) is 2.61. The van der Waals surface area contributed by atoms with E-state index in [1.165, 1.54) is 5.56 Å². The summed E-state index contributed by atoms with van der Waals surface area (Å²) in [7, 11) is 1.67. The lowest BCUT2D eigenvalue weighted by Crippen LogP contribution is -2.21. The fourth-order valence-corrected chi connectivity index (χ4v) is 2.61. The van der Waals surface area contributed by atoms with E-state index in [4.69, 9.17) is 14.2 Å². The summed E-state index contributed by atoms with van der Waals surface area (Å²) in [6.45, 7) is 7.14. The Hall–Kier alpha value is -2.10. The standard InChI is InChI=1S/C22H28O3/c1-4-8-22(25-17-20-11-13-21(23-3)14-12-20)15-18(2)24-16-19-9-6-5-7-10-19/h4-7,9-14,18,22H,1,8,15-17H2,2-3H3/t18-,22-/m0/s1. The summed E-state index contributed by atoms with van der Waals surface area (Å²) < 4.78 is 17.2. The van der Waals surface area contributed by atoms with Crippen molar-refractivity contribution < 1.29 is 14.2 Å². The molecule has 0 aliphatic carbocycles. The first kappa shape index (κ1) is 19.2. The fraction of sp³-hybridized carbons (Fsp3) is 0.364. The van der Waals surface area contributed by atoms with Gasteiger partial charge in [-0.1, -0.05) is 48.5 Å². The summed E-state index contributed by atoms with van der Waals surface area (Å²) in [6, 6.07) is 18.2. The highest BCUT2D eigenvalue weighted by molar-refractivity contribution is 5.26. The quantitative estimate of drug-likeness (QED) is 0.529. The number of methoxy groups -OCH3 is 1. The van der Waals surface area contributed by atoms with Crippen molar-refractivity contribution in [2.45, 2.75) is 45.2 Å². The largest absolute Gasteiger partial charge is 0.497 e. The minimum absolute atomic E-state index is 0.102. The van der Waals surface area contributed by atoms with Gasteiger partial charge in [-0.15, -0.1) is 6.58 Å². The highest BCUT2D eigenvalue weighted by Crippen LogP contribution is 2.17. The minimum atomic E-state index is 0.102. The topological polar surface area (TPSA) is 27.7 Å². The van der Waals surface area contributed by atoms with Crippen LogP contribution >= 0.6 is 0 Å². The molecule has 2 aromatic carbocycles. The summed E-state index contributed by atoms with van der Waals surface area (Å²) in [5, 5.41) is 0. The lowest BCUT2D eigenvalue weighted by molar-refractivity contribution is -0.0211. The molecule has 0 saturated heterocycles. The van der Waals surface area contributed by atoms with Gasteiger partial charge < -0.3 is 14.2 Å². The first-order valence-electron chi connectivity index (χ1n) is 8.72. The second kappa shape index (κ2) is 10.7. The Morgan fingerprint density at radius 1 is 0.920 bits per heavy atom. The molecule has 2 atom stereocenters. The molecular formula is C22H28O3. The van der Waals surface area contributed by atoms with Gasteiger partial charge in [0.25, 0.3) is 0 Å². The molecule has 0 aliphatic rings. The zero-order valence-corrected chi connectivity index (χ0v) is 15.2. The molecular weight excluding hydrogens is 312 g/mol. The number of rotatable bonds is 11. The third-order valence-electron chi connectivity index (χ3n) is 4.05. The maximum Gasteiger partial charge on any atom is 0.118 e. The van der Waals surface area contributed by atoms with Gasteiger partial charge in [-0.25, -0.2) is 0 Å². The molecule has 0 aromatic heterocycles. The third kappa shape index (κ3) is 7.12. The van der Waals surface area contributed by atoms with Crippen molar-refractivity contribution in [3.63, 3.8) is 0 Å². The molecule has 0 saturated carbocycles. The third-order valence-corrected chi connectivity index (χ3v) is 4.05. The van der Waals surface area contributed by atoms with Gasteiger partial charge in [-0.05, 0) is 43.0 Å². The molecule has 134 valence electrons. The second-order valence-electron chi connectivity index (χ2n) is 6.15. The number of hydrogen-bond acceptors (Lipinski definition) is 3. The Kier molecular flexibility index (Phi) is 8.23. The van der Waals surface area contributed by atoms with Crippen molar-refractivity contribution in [1.29, 1.82) is 0 Å². The molecule has 3 nitrogen and oxygen atoms in total. The van der Waals surface area contributed by atoms with Crippen molar-refractivity contribution in [2.75, 3.05) is 7.11 Å². The van der Waals surface area contributed by atoms with Crippen molar-refractivity contribution in [2.24, 2.45) is 0 Å². The van der Waals surface area contributed by atoms with Crippen LogP contribution in [0.4, 0.5) is 0 Å². The number of hydrogen-bond donors (Lipinski definition) is 0. The SMILES string of the molecule is C=CC[C@@H](C[C@H](C)OCc1ccccc1)OCc1ccc(OC)cc1. The first-order chi connectivity index (χ1) is 12.2. The van der Waals surface area contributed by atoms with Crippen molar-refractivity contribution >= 4 is 0 Å². The summed E-state index contributed by atoms with van der Waals surface area (Å²) >= 11 is 0. The molecule has 0 aliphatic heterocycles. The van der Waals surface area contributed by atoms with Crippen molar-refractivity contribution in [3.05, 3.63) is 78.4 Å². The Morgan fingerprint density at radius 3 is 2.20 bits per heavy atom. The predicted molar refractivity (Wildman–Crippen MR) is 102 cm³/mol. The average Bonchev–Trinajstić information content (AvgIpc) is 2.66. The van der Waals surface area contributed by atoms with Crippen LogP contribution in [0.25, 0.3) is 0 Å². The highest BCUT2D eigenvalue weighted by atomic mass is 16.5. The molecule has 0 fully saturated rings. The molecule has 0 heterocycles. The van der Waals surface area contributed by atoms with E-state index in [-0.39, 0.29) is 12.2 Å². The monoisotopic (exact) mass is 340 g/mol. The molecule has 0 N–H and O–H groups in total. The van der Waals surface area contributed by atoms with E-state index < -0.39 is 0 Å². The van der Waals surface area contributed by atoms with E-state index in [2.05, 4.69) is 25.6 Å². The Balaban J connectivity index is 1.79. The summed E-state index contributed by atoms with van der Waals surface area (Å²) in [5.41, 5.74) is 2.32. The highest BCUT2D eigenvalue weighted by Gasteiger charge is 2.13. The van der Waals surface area contributed by atoms with Gasteiger partial charge in [-0.3, -0.25) is 0 Å². The van der Waals surface area contributed by atoms with Crippen LogP contribution in [0, 0.1) is 0 Å². The van der Waals surface area contributed by atoms with Crippen LogP contribution in [0.15, 0.2) is 67.3 Å². The zero-order chi connectivity index (χ0) is 17.9. The van der Waals surface area contributed by atoms with Gasteiger partial charge in [0, 0.05) is 0 Å². The van der Waals surface area contributed by atoms with E-state index in [9.17, 15) is 0 Å². The number of benzene rings is 2. The second-order valence-corrected chi connectivity index (χ2v) is 6.15. The zero-order valence-electron chi connectivity index (χ0n) is 15.2. The van der Waals surface area contributed by atoms with Gasteiger partial charge in [0.15, 0.2) is 0 Å². The summed E-state index contributed by atoms with van der Waals surface area (Å²) in [6.07, 6.45) is 3.79. The van der Waals surface area contributed by atoms with E-state index >= 15 is 0 Å². The first-order valence-corrected chi connectivity index (χ1v) is 8.72. The molecule has 2 aromatic rings. The average molecular weight is 340 g/mol. The van der Waals surface area contributed by atoms with Gasteiger partial charge in [0.05, 0.1) is 32.5 Å². The van der Waals surface area contributed by atoms with Crippen LogP contribution in [-0.2, 0) is 22.7 Å². The maximum atomic E-state index is 6.07. The van der Waals surface area contributed by atoms with Crippen LogP contribution in [0.1, 0.15) is 30.9 Å². The van der Waals surface area contributed by atoms with Gasteiger partial charge in [0.1, 0.15) is 5.75 Å². The molecule has 0 unspecified atom stereocenters. The van der Waals surface area contributed by atoms with Crippen LogP contribution in [0.2, 0.25) is 0 Å². The molecule has 0 amide bonds. The summed E-state index contributed by atoms with van der Waals surface area (Å²) in [5.74, 6) is 0.856. The molecule has 0 radical (unpaired) electrons. The Bertz CT molecular complexity index is 607. The van der Waals surface area contributed by atoms with Gasteiger partial charge >= 0.3 is 0 Å². The molecule has 0 bridgehead atoms. The van der Waals surface area contributed by atoms with Gasteiger partial charge in [-0.2, -0.15) is 0 Å². The van der Waals surface area contributed by atoms with E-state index in [1.54, 1.807) is 7.11 Å². The van der Waals surface area contributed by atoms with E-state index in [0.717, 1.165) is 24.2 Å². The van der Waals surface area contributed by atoms with Crippen LogP contribution in [0.5, 0.6) is 5.75 Å². The van der Waals surface area contributed by atoms with Crippen molar-refractivity contribution in [3.8, 4) is 5.75 Å². The predicted octanol–water partition coefficient (Wildman–Crippen LogP) is 5.15. The minimum Gasteiger partial charge on any atom is -0.497 e. The van der Waals surface area contributed by atoms with Crippen LogP contribution in [-0.4, -0.2) is 19.3 Å². The van der Waals surface area contributed by atoms with E-state index in [1.807, 2.05) is 48.5 Å². The smallest absolute Gasteiger partial charge is 0.118 e. The van der Waals surface area contributed by atoms with Crippen LogP contribution < -0.4 is 4.74 Å². The molecule has 2 rings (SSSR count). The summed E-state index contributed by atoms with van der Waals surface area (Å²) in [4.78, 5) is 0. The van der Waals surface area contributed by atoms with Gasteiger partial charge in [0.2, 0.25) is 0 Å². The molecule has 3 heteroatoms. The maximum absolute atomic E-state index is 6.07.